The monoisotopic (exact) mass is 546 g/mol. The maximum Gasteiger partial charge on any atom is 0.248 e. The van der Waals surface area contributed by atoms with E-state index in [0.717, 1.165) is 22.0 Å². The molecule has 0 unspecified atom stereocenters. The van der Waals surface area contributed by atoms with Gasteiger partial charge in [-0.25, -0.2) is 15.0 Å². The Morgan fingerprint density at radius 3 is 2.56 bits per heavy atom. The molecule has 2 amide bonds. The summed E-state index contributed by atoms with van der Waals surface area (Å²) in [5.41, 5.74) is 3.03. The van der Waals surface area contributed by atoms with Crippen LogP contribution < -0.4 is 5.32 Å². The summed E-state index contributed by atoms with van der Waals surface area (Å²) in [6, 6.07) is 10.4. The number of rotatable bonds is 6. The number of halogens is 1. The van der Waals surface area contributed by atoms with Gasteiger partial charge in [0.05, 0.1) is 0 Å². The van der Waals surface area contributed by atoms with E-state index in [4.69, 9.17) is 0 Å². The number of carbonyl (C=O) groups is 3. The number of aromatic nitrogens is 4. The van der Waals surface area contributed by atoms with Crippen LogP contribution in [0.25, 0.3) is 22.0 Å². The van der Waals surface area contributed by atoms with E-state index in [-0.39, 0.29) is 24.1 Å². The number of anilines is 1. The van der Waals surface area contributed by atoms with Crippen LogP contribution in [0, 0.1) is 6.92 Å². The van der Waals surface area contributed by atoms with E-state index in [1.54, 1.807) is 46.3 Å². The highest BCUT2D eigenvalue weighted by atomic mass is 79.9. The minimum atomic E-state index is -0.555. The van der Waals surface area contributed by atoms with Gasteiger partial charge in [0, 0.05) is 47.2 Å². The van der Waals surface area contributed by atoms with Crippen molar-refractivity contribution in [2.75, 3.05) is 11.9 Å². The third-order valence-corrected chi connectivity index (χ3v) is 6.73. The largest absolute Gasteiger partial charge is 0.337 e. The van der Waals surface area contributed by atoms with Crippen molar-refractivity contribution in [1.29, 1.82) is 0 Å². The Kier molecular flexibility index (Phi) is 6.36. The first-order valence-corrected chi connectivity index (χ1v) is 12.2. The second-order valence-electron chi connectivity index (χ2n) is 8.70. The van der Waals surface area contributed by atoms with Gasteiger partial charge in [0.25, 0.3) is 0 Å². The minimum Gasteiger partial charge on any atom is -0.337 e. The molecule has 4 aromatic rings. The summed E-state index contributed by atoms with van der Waals surface area (Å²) < 4.78 is 2.38. The Morgan fingerprint density at radius 2 is 1.89 bits per heavy atom. The lowest BCUT2D eigenvalue weighted by Gasteiger charge is -2.39. The van der Waals surface area contributed by atoms with Gasteiger partial charge >= 0.3 is 0 Å². The summed E-state index contributed by atoms with van der Waals surface area (Å²) >= 11 is 3.28. The first kappa shape index (κ1) is 23.8. The van der Waals surface area contributed by atoms with Crippen LogP contribution in [0.5, 0.6) is 0 Å². The average Bonchev–Trinajstić information content (AvgIpc) is 3.16. The van der Waals surface area contributed by atoms with Crippen LogP contribution in [0.3, 0.4) is 0 Å². The number of carbonyl (C=O) groups excluding carboxylic acids is 3. The summed E-state index contributed by atoms with van der Waals surface area (Å²) in [7, 11) is 0. The number of ketones is 1. The van der Waals surface area contributed by atoms with E-state index < -0.39 is 6.04 Å². The molecule has 1 N–H and O–H groups in total. The van der Waals surface area contributed by atoms with Gasteiger partial charge in [-0.3, -0.25) is 14.4 Å². The van der Waals surface area contributed by atoms with E-state index in [1.165, 1.54) is 6.92 Å². The SMILES string of the molecule is CC(=O)c1cn(CC(=O)N2CC[C@H]2C(=O)Nc2cccc(Br)n2)c2ccc(-c3cnc(C)nc3)cc12. The second-order valence-corrected chi connectivity index (χ2v) is 9.52. The molecule has 1 aliphatic heterocycles. The molecule has 10 heteroatoms. The van der Waals surface area contributed by atoms with E-state index in [2.05, 4.69) is 36.2 Å². The van der Waals surface area contributed by atoms with Crippen molar-refractivity contribution in [2.24, 2.45) is 0 Å². The molecule has 9 nitrogen and oxygen atoms in total. The normalized spacial score (nSPS) is 15.0. The third kappa shape index (κ3) is 4.64. The standard InChI is InChI=1S/C26H23BrN6O3/c1-15(34)20-13-32(21-7-6-17(10-19(20)21)18-11-28-16(2)29-12-18)14-25(35)33-9-8-22(33)26(36)31-24-5-3-4-23(27)30-24/h3-7,10-13,22H,8-9,14H2,1-2H3,(H,30,31,36)/t22-/m0/s1. The Bertz CT molecular complexity index is 1500. The van der Waals surface area contributed by atoms with Gasteiger partial charge in [-0.1, -0.05) is 12.1 Å². The highest BCUT2D eigenvalue weighted by molar-refractivity contribution is 9.10. The summed E-state index contributed by atoms with van der Waals surface area (Å²) in [6.07, 6.45) is 5.78. The lowest BCUT2D eigenvalue weighted by atomic mass is 10.0. The fourth-order valence-corrected chi connectivity index (χ4v) is 4.66. The molecule has 0 aliphatic carbocycles. The lowest BCUT2D eigenvalue weighted by Crippen LogP contribution is -2.57. The maximum atomic E-state index is 13.2. The molecule has 1 fully saturated rings. The number of aryl methyl sites for hydroxylation is 1. The van der Waals surface area contributed by atoms with Crippen molar-refractivity contribution in [3.8, 4) is 11.1 Å². The first-order valence-electron chi connectivity index (χ1n) is 11.5. The van der Waals surface area contributed by atoms with Crippen LogP contribution in [0.2, 0.25) is 0 Å². The number of amides is 2. The number of hydrogen-bond donors (Lipinski definition) is 1. The predicted molar refractivity (Wildman–Crippen MR) is 138 cm³/mol. The fourth-order valence-electron chi connectivity index (χ4n) is 4.31. The summed E-state index contributed by atoms with van der Waals surface area (Å²) in [6.45, 7) is 3.85. The topological polar surface area (TPSA) is 110 Å². The van der Waals surface area contributed by atoms with Crippen molar-refractivity contribution in [3.05, 3.63) is 71.0 Å². The van der Waals surface area contributed by atoms with Gasteiger partial charge in [0.2, 0.25) is 11.8 Å². The molecule has 1 atom stereocenters. The number of likely N-dealkylation sites (tertiary alicyclic amines) is 1. The average molecular weight is 547 g/mol. The van der Waals surface area contributed by atoms with Gasteiger partial charge in [-0.05, 0) is 66.0 Å². The number of hydrogen-bond acceptors (Lipinski definition) is 6. The summed E-state index contributed by atoms with van der Waals surface area (Å²) in [5, 5.41) is 3.53. The van der Waals surface area contributed by atoms with E-state index in [1.807, 2.05) is 25.1 Å². The van der Waals surface area contributed by atoms with E-state index in [9.17, 15) is 14.4 Å². The van der Waals surface area contributed by atoms with Crippen LogP contribution in [0.4, 0.5) is 5.82 Å². The zero-order valence-electron chi connectivity index (χ0n) is 19.7. The second kappa shape index (κ2) is 9.62. The van der Waals surface area contributed by atoms with Crippen molar-refractivity contribution < 1.29 is 14.4 Å². The van der Waals surface area contributed by atoms with Crippen LogP contribution in [-0.2, 0) is 16.1 Å². The van der Waals surface area contributed by atoms with Crippen molar-refractivity contribution in [1.82, 2.24) is 24.4 Å². The molecular formula is C26H23BrN6O3. The van der Waals surface area contributed by atoms with Gasteiger partial charge in [0.15, 0.2) is 5.78 Å². The quantitative estimate of drug-likeness (QED) is 0.289. The molecule has 5 rings (SSSR count). The molecule has 182 valence electrons. The van der Waals surface area contributed by atoms with Gasteiger partial charge in [-0.15, -0.1) is 0 Å². The molecule has 0 bridgehead atoms. The molecular weight excluding hydrogens is 524 g/mol. The molecule has 1 saturated heterocycles. The smallest absolute Gasteiger partial charge is 0.248 e. The number of Topliss-reactive ketones (excluding diaryl/α,β-unsaturated/α-hetero) is 1. The molecule has 0 radical (unpaired) electrons. The molecule has 3 aromatic heterocycles. The van der Waals surface area contributed by atoms with Crippen LogP contribution in [-0.4, -0.2) is 54.6 Å². The Labute approximate surface area is 215 Å². The number of nitrogens with zero attached hydrogens (tertiary/aromatic N) is 5. The fraction of sp³-hybridized carbons (Fsp3) is 0.231. The predicted octanol–water partition coefficient (Wildman–Crippen LogP) is 4.01. The minimum absolute atomic E-state index is 0.0235. The number of benzene rings is 1. The molecule has 1 aliphatic rings. The maximum absolute atomic E-state index is 13.2. The van der Waals surface area contributed by atoms with Crippen molar-refractivity contribution in [3.63, 3.8) is 0 Å². The Morgan fingerprint density at radius 1 is 1.11 bits per heavy atom. The van der Waals surface area contributed by atoms with Crippen molar-refractivity contribution >= 4 is 50.2 Å². The zero-order valence-corrected chi connectivity index (χ0v) is 21.3. The lowest BCUT2D eigenvalue weighted by molar-refractivity contribution is -0.145. The van der Waals surface area contributed by atoms with Crippen LogP contribution >= 0.6 is 15.9 Å². The van der Waals surface area contributed by atoms with E-state index >= 15 is 0 Å². The molecule has 1 aromatic carbocycles. The third-order valence-electron chi connectivity index (χ3n) is 6.29. The van der Waals surface area contributed by atoms with Crippen LogP contribution in [0.1, 0.15) is 29.5 Å². The molecule has 36 heavy (non-hydrogen) atoms. The molecule has 0 saturated carbocycles. The molecule has 0 spiro atoms. The zero-order chi connectivity index (χ0) is 25.4. The van der Waals surface area contributed by atoms with Crippen molar-refractivity contribution in [2.45, 2.75) is 32.9 Å². The summed E-state index contributed by atoms with van der Waals surface area (Å²) in [4.78, 5) is 52.6. The first-order chi connectivity index (χ1) is 17.3. The van der Waals surface area contributed by atoms with E-state index in [0.29, 0.717) is 34.8 Å². The Balaban J connectivity index is 1.36. The summed E-state index contributed by atoms with van der Waals surface area (Å²) in [5.74, 6) is 0.551. The highest BCUT2D eigenvalue weighted by Gasteiger charge is 2.37. The highest BCUT2D eigenvalue weighted by Crippen LogP contribution is 2.29. The van der Waals surface area contributed by atoms with Gasteiger partial charge in [-0.2, -0.15) is 0 Å². The van der Waals surface area contributed by atoms with Gasteiger partial charge < -0.3 is 14.8 Å². The Hall–Kier alpha value is -3.92. The number of pyridine rings is 1. The number of fused-ring (bicyclic) bond motifs is 1. The number of nitrogens with one attached hydrogen (secondary N) is 1. The van der Waals surface area contributed by atoms with Crippen LogP contribution in [0.15, 0.2) is 59.6 Å². The van der Waals surface area contributed by atoms with Gasteiger partial charge in [0.1, 0.15) is 28.8 Å². The molecule has 4 heterocycles.